The molecule has 0 unspecified atom stereocenters. The minimum absolute atomic E-state index is 0.172. The molecule has 0 N–H and O–H groups in total. The number of rotatable bonds is 6. The molecule has 0 saturated heterocycles. The van der Waals surface area contributed by atoms with E-state index in [9.17, 15) is 16.8 Å². The summed E-state index contributed by atoms with van der Waals surface area (Å²) in [6.45, 7) is 3.79. The van der Waals surface area contributed by atoms with E-state index in [-0.39, 0.29) is 21.3 Å². The molecule has 0 heterocycles. The van der Waals surface area contributed by atoms with Gasteiger partial charge in [0.2, 0.25) is 0 Å². The molecular formula is C22H22O4S2. The third-order valence-electron chi connectivity index (χ3n) is 4.46. The molecule has 28 heavy (non-hydrogen) atoms. The summed E-state index contributed by atoms with van der Waals surface area (Å²) in [5.41, 5.74) is 3.11. The van der Waals surface area contributed by atoms with Crippen LogP contribution in [0.15, 0.2) is 82.6 Å². The number of sulfone groups is 2. The van der Waals surface area contributed by atoms with Crippen LogP contribution < -0.4 is 0 Å². The highest BCUT2D eigenvalue weighted by Gasteiger charge is 2.18. The Hall–Kier alpha value is -2.44. The predicted molar refractivity (Wildman–Crippen MR) is 111 cm³/mol. The molecule has 3 aromatic carbocycles. The maximum Gasteiger partial charge on any atom is 0.182 e. The van der Waals surface area contributed by atoms with E-state index in [1.807, 2.05) is 13.8 Å². The second-order valence-electron chi connectivity index (χ2n) is 6.96. The quantitative estimate of drug-likeness (QED) is 0.605. The Morgan fingerprint density at radius 2 is 0.929 bits per heavy atom. The summed E-state index contributed by atoms with van der Waals surface area (Å²) in [6.07, 6.45) is 0. The summed E-state index contributed by atoms with van der Waals surface area (Å²) >= 11 is 0. The number of benzene rings is 3. The first-order valence-corrected chi connectivity index (χ1v) is 12.1. The van der Waals surface area contributed by atoms with Crippen LogP contribution in [-0.2, 0) is 31.2 Å². The molecule has 0 spiro atoms. The van der Waals surface area contributed by atoms with Crippen molar-refractivity contribution >= 4 is 19.7 Å². The molecule has 0 atom stereocenters. The van der Waals surface area contributed by atoms with Crippen LogP contribution >= 0.6 is 0 Å². The van der Waals surface area contributed by atoms with Crippen LogP contribution in [0.3, 0.4) is 0 Å². The first kappa shape index (κ1) is 20.3. The second kappa shape index (κ2) is 7.89. The molecule has 3 rings (SSSR count). The van der Waals surface area contributed by atoms with Crippen LogP contribution in [-0.4, -0.2) is 16.8 Å². The van der Waals surface area contributed by atoms with Gasteiger partial charge in [-0.25, -0.2) is 16.8 Å². The van der Waals surface area contributed by atoms with Crippen molar-refractivity contribution in [3.05, 3.63) is 95.1 Å². The third-order valence-corrected chi connectivity index (χ3v) is 7.87. The Morgan fingerprint density at radius 1 is 0.571 bits per heavy atom. The van der Waals surface area contributed by atoms with Crippen LogP contribution in [0.5, 0.6) is 0 Å². The lowest BCUT2D eigenvalue weighted by atomic mass is 10.2. The zero-order chi connectivity index (χ0) is 20.4. The highest BCUT2D eigenvalue weighted by Crippen LogP contribution is 2.21. The monoisotopic (exact) mass is 414 g/mol. The van der Waals surface area contributed by atoms with Gasteiger partial charge in [0.15, 0.2) is 19.7 Å². The van der Waals surface area contributed by atoms with Gasteiger partial charge >= 0.3 is 0 Å². The highest BCUT2D eigenvalue weighted by molar-refractivity contribution is 7.91. The summed E-state index contributed by atoms with van der Waals surface area (Å²) in [7, 11) is -6.99. The Morgan fingerprint density at radius 3 is 1.29 bits per heavy atom. The topological polar surface area (TPSA) is 68.3 Å². The average molecular weight is 415 g/mol. The molecule has 146 valence electrons. The molecule has 0 radical (unpaired) electrons. The molecule has 4 nitrogen and oxygen atoms in total. The Labute approximate surface area is 166 Å². The summed E-state index contributed by atoms with van der Waals surface area (Å²) in [5.74, 6) is -0.344. The van der Waals surface area contributed by atoms with Gasteiger partial charge in [-0.05, 0) is 49.2 Å². The number of aryl methyl sites for hydroxylation is 2. The van der Waals surface area contributed by atoms with Crippen molar-refractivity contribution < 1.29 is 16.8 Å². The summed E-state index contributed by atoms with van der Waals surface area (Å²) < 4.78 is 50.6. The fourth-order valence-electron chi connectivity index (χ4n) is 2.91. The molecule has 0 bridgehead atoms. The van der Waals surface area contributed by atoms with Crippen molar-refractivity contribution in [2.45, 2.75) is 35.1 Å². The lowest BCUT2D eigenvalue weighted by molar-refractivity contribution is 0.594. The van der Waals surface area contributed by atoms with Crippen LogP contribution in [0.25, 0.3) is 0 Å². The lowest BCUT2D eigenvalue weighted by Crippen LogP contribution is -2.07. The van der Waals surface area contributed by atoms with Gasteiger partial charge in [0.25, 0.3) is 0 Å². The molecule has 0 aliphatic rings. The Bertz CT molecular complexity index is 1080. The molecule has 3 aromatic rings. The van der Waals surface area contributed by atoms with Crippen molar-refractivity contribution in [3.8, 4) is 0 Å². The fourth-order valence-corrected chi connectivity index (χ4v) is 5.58. The first-order valence-electron chi connectivity index (χ1n) is 8.82. The molecule has 0 amide bonds. The molecule has 0 fully saturated rings. The van der Waals surface area contributed by atoms with E-state index in [0.29, 0.717) is 11.1 Å². The van der Waals surface area contributed by atoms with Crippen LogP contribution in [0.1, 0.15) is 22.3 Å². The number of hydrogen-bond acceptors (Lipinski definition) is 4. The van der Waals surface area contributed by atoms with E-state index in [1.165, 1.54) is 0 Å². The summed E-state index contributed by atoms with van der Waals surface area (Å²) in [5, 5.41) is 0. The average Bonchev–Trinajstić information content (AvgIpc) is 2.62. The van der Waals surface area contributed by atoms with Gasteiger partial charge in [-0.1, -0.05) is 59.7 Å². The van der Waals surface area contributed by atoms with Crippen molar-refractivity contribution in [3.63, 3.8) is 0 Å². The van der Waals surface area contributed by atoms with E-state index >= 15 is 0 Å². The van der Waals surface area contributed by atoms with Gasteiger partial charge in [0, 0.05) is 0 Å². The van der Waals surface area contributed by atoms with E-state index in [1.54, 1.807) is 72.8 Å². The fraction of sp³-hybridized carbons (Fsp3) is 0.182. The van der Waals surface area contributed by atoms with E-state index in [4.69, 9.17) is 0 Å². The Kier molecular flexibility index (Phi) is 5.72. The van der Waals surface area contributed by atoms with Gasteiger partial charge in [-0.15, -0.1) is 0 Å². The SMILES string of the molecule is Cc1ccc(S(=O)(=O)Cc2cccc(CS(=O)(=O)c3ccc(C)cc3)c2)cc1. The van der Waals surface area contributed by atoms with E-state index in [2.05, 4.69) is 0 Å². The standard InChI is InChI=1S/C22H22O4S2/c1-17-6-10-21(11-7-17)27(23,24)15-19-4-3-5-20(14-19)16-28(25,26)22-12-8-18(2)9-13-22/h3-14H,15-16H2,1-2H3. The first-order chi connectivity index (χ1) is 13.2. The van der Waals surface area contributed by atoms with E-state index in [0.717, 1.165) is 11.1 Å². The van der Waals surface area contributed by atoms with Crippen molar-refractivity contribution in [1.82, 2.24) is 0 Å². The van der Waals surface area contributed by atoms with Gasteiger partial charge < -0.3 is 0 Å². The summed E-state index contributed by atoms with van der Waals surface area (Å²) in [4.78, 5) is 0.520. The van der Waals surface area contributed by atoms with Crippen LogP contribution in [0.2, 0.25) is 0 Å². The third kappa shape index (κ3) is 4.88. The maximum absolute atomic E-state index is 12.6. The maximum atomic E-state index is 12.6. The minimum Gasteiger partial charge on any atom is -0.223 e. The zero-order valence-electron chi connectivity index (χ0n) is 15.8. The van der Waals surface area contributed by atoms with Gasteiger partial charge in [0.05, 0.1) is 21.3 Å². The zero-order valence-corrected chi connectivity index (χ0v) is 17.4. The van der Waals surface area contributed by atoms with Crippen molar-refractivity contribution in [1.29, 1.82) is 0 Å². The highest BCUT2D eigenvalue weighted by atomic mass is 32.2. The van der Waals surface area contributed by atoms with Crippen molar-refractivity contribution in [2.75, 3.05) is 0 Å². The summed E-state index contributed by atoms with van der Waals surface area (Å²) in [6, 6.07) is 20.2. The molecular weight excluding hydrogens is 392 g/mol. The van der Waals surface area contributed by atoms with E-state index < -0.39 is 19.7 Å². The molecule has 0 aliphatic heterocycles. The molecule has 0 aliphatic carbocycles. The Balaban J connectivity index is 1.82. The molecule has 0 saturated carbocycles. The van der Waals surface area contributed by atoms with Gasteiger partial charge in [-0.3, -0.25) is 0 Å². The molecule has 6 heteroatoms. The predicted octanol–water partition coefficient (Wildman–Crippen LogP) is 4.25. The second-order valence-corrected chi connectivity index (χ2v) is 10.9. The van der Waals surface area contributed by atoms with Crippen LogP contribution in [0.4, 0.5) is 0 Å². The minimum atomic E-state index is -3.50. The lowest BCUT2D eigenvalue weighted by Gasteiger charge is -2.09. The van der Waals surface area contributed by atoms with Crippen molar-refractivity contribution in [2.24, 2.45) is 0 Å². The van der Waals surface area contributed by atoms with Crippen LogP contribution in [0, 0.1) is 13.8 Å². The largest absolute Gasteiger partial charge is 0.223 e. The smallest absolute Gasteiger partial charge is 0.182 e. The number of hydrogen-bond donors (Lipinski definition) is 0. The van der Waals surface area contributed by atoms with Gasteiger partial charge in [0.1, 0.15) is 0 Å². The molecule has 0 aromatic heterocycles. The van der Waals surface area contributed by atoms with Gasteiger partial charge in [-0.2, -0.15) is 0 Å². The normalized spacial score (nSPS) is 12.1.